The summed E-state index contributed by atoms with van der Waals surface area (Å²) >= 11 is 1.71. The molecule has 1 saturated heterocycles. The topological polar surface area (TPSA) is 65.9 Å². The number of rotatable bonds is 12. The molecule has 0 bridgehead atoms. The van der Waals surface area contributed by atoms with Gasteiger partial charge in [0, 0.05) is 23.9 Å². The highest BCUT2D eigenvalue weighted by molar-refractivity contribution is 7.11. The number of piperidine rings is 1. The second kappa shape index (κ2) is 15.0. The van der Waals surface area contributed by atoms with Gasteiger partial charge in [0.15, 0.2) is 0 Å². The van der Waals surface area contributed by atoms with Crippen LogP contribution in [0.15, 0.2) is 48.5 Å². The van der Waals surface area contributed by atoms with Crippen molar-refractivity contribution in [2.75, 3.05) is 26.7 Å². The van der Waals surface area contributed by atoms with E-state index in [4.69, 9.17) is 4.98 Å². The summed E-state index contributed by atoms with van der Waals surface area (Å²) in [4.78, 5) is 22.9. The van der Waals surface area contributed by atoms with E-state index in [2.05, 4.69) is 16.6 Å². The molecule has 2 aromatic carbocycles. The van der Waals surface area contributed by atoms with Gasteiger partial charge in [0.2, 0.25) is 0 Å². The molecule has 2 fully saturated rings. The Morgan fingerprint density at radius 2 is 1.83 bits per heavy atom. The van der Waals surface area contributed by atoms with Crippen molar-refractivity contribution >= 4 is 17.3 Å². The Hall–Kier alpha value is -3.02. The number of halogens is 4. The number of benzene rings is 2. The number of hydrogen-bond donors (Lipinski definition) is 1. The Morgan fingerprint density at radius 3 is 2.43 bits per heavy atom. The highest BCUT2D eigenvalue weighted by Gasteiger charge is 2.42. The molecule has 0 spiro atoms. The van der Waals surface area contributed by atoms with Crippen molar-refractivity contribution in [2.45, 2.75) is 89.6 Å². The summed E-state index contributed by atoms with van der Waals surface area (Å²) in [5.41, 5.74) is 2.98. The molecule has 2 heterocycles. The van der Waals surface area contributed by atoms with Crippen LogP contribution in [0.4, 0.5) is 17.6 Å². The minimum atomic E-state index is -4.71. The summed E-state index contributed by atoms with van der Waals surface area (Å²) in [7, 11) is 1.92. The van der Waals surface area contributed by atoms with Crippen LogP contribution >= 0.6 is 11.3 Å². The second-order valence-corrected chi connectivity index (χ2v) is 14.6. The maximum absolute atomic E-state index is 14.3. The third kappa shape index (κ3) is 8.91. The molecule has 11 heteroatoms. The third-order valence-corrected chi connectivity index (χ3v) is 11.2. The molecule has 4 atom stereocenters. The smallest absolute Gasteiger partial charge is 0.480 e. The number of carboxylic acids is 1. The minimum absolute atomic E-state index is 0.0260. The molecule has 3 aromatic rings. The lowest BCUT2D eigenvalue weighted by Gasteiger charge is -2.35. The molecule has 0 amide bonds. The van der Waals surface area contributed by atoms with E-state index in [9.17, 15) is 27.5 Å². The van der Waals surface area contributed by atoms with E-state index in [-0.39, 0.29) is 35.4 Å². The number of likely N-dealkylation sites (N-methyl/N-ethyl adjacent to an activating group) is 1. The number of aromatic nitrogens is 1. The lowest BCUT2D eigenvalue weighted by atomic mass is 9.87. The Labute approximate surface area is 278 Å². The predicted octanol–water partition coefficient (Wildman–Crippen LogP) is 8.12. The molecule has 0 radical (unpaired) electrons. The minimum Gasteiger partial charge on any atom is -0.480 e. The largest absolute Gasteiger partial charge is 0.573 e. The van der Waals surface area contributed by atoms with E-state index in [0.29, 0.717) is 12.3 Å². The lowest BCUT2D eigenvalue weighted by molar-refractivity contribution is -0.274. The molecular weight excluding hydrogens is 630 g/mol. The molecule has 1 aromatic heterocycles. The van der Waals surface area contributed by atoms with Gasteiger partial charge in [0.1, 0.15) is 17.6 Å². The van der Waals surface area contributed by atoms with Crippen molar-refractivity contribution in [1.29, 1.82) is 0 Å². The lowest BCUT2D eigenvalue weighted by Crippen LogP contribution is -2.47. The van der Waals surface area contributed by atoms with E-state index in [1.165, 1.54) is 23.1 Å². The van der Waals surface area contributed by atoms with E-state index in [0.717, 1.165) is 73.6 Å². The Balaban J connectivity index is 1.23. The number of hydrogen-bond acceptors (Lipinski definition) is 6. The van der Waals surface area contributed by atoms with Crippen LogP contribution < -0.4 is 4.74 Å². The zero-order chi connectivity index (χ0) is 33.9. The van der Waals surface area contributed by atoms with Crippen molar-refractivity contribution < 1.29 is 32.2 Å². The first-order chi connectivity index (χ1) is 22.3. The molecule has 47 heavy (non-hydrogen) atoms. The summed E-state index contributed by atoms with van der Waals surface area (Å²) < 4.78 is 55.9. The predicted molar refractivity (Wildman–Crippen MR) is 176 cm³/mol. The van der Waals surface area contributed by atoms with Gasteiger partial charge in [-0.1, -0.05) is 45.0 Å². The number of ether oxygens (including phenoxy) is 1. The summed E-state index contributed by atoms with van der Waals surface area (Å²) in [6, 6.07) is 12.4. The van der Waals surface area contributed by atoms with Crippen LogP contribution in [0.5, 0.6) is 5.75 Å². The fraction of sp³-hybridized carbons (Fsp3) is 0.556. The number of thiazole rings is 1. The Morgan fingerprint density at radius 1 is 1.13 bits per heavy atom. The molecule has 1 aliphatic heterocycles. The number of likely N-dealkylation sites (tertiary alicyclic amines) is 1. The average molecular weight is 676 g/mol. The van der Waals surface area contributed by atoms with Crippen LogP contribution in [0.25, 0.3) is 0 Å². The summed E-state index contributed by atoms with van der Waals surface area (Å²) in [6.07, 6.45) is 0.358. The van der Waals surface area contributed by atoms with Crippen LogP contribution in [0.2, 0.25) is 0 Å². The third-order valence-electron chi connectivity index (χ3n) is 9.92. The van der Waals surface area contributed by atoms with Crippen molar-refractivity contribution in [2.24, 2.45) is 11.8 Å². The monoisotopic (exact) mass is 675 g/mol. The first-order valence-electron chi connectivity index (χ1n) is 16.6. The van der Waals surface area contributed by atoms with Gasteiger partial charge in [-0.15, -0.1) is 24.5 Å². The first-order valence-corrected chi connectivity index (χ1v) is 17.4. The van der Waals surface area contributed by atoms with Gasteiger partial charge >= 0.3 is 12.3 Å². The maximum Gasteiger partial charge on any atom is 0.573 e. The maximum atomic E-state index is 14.3. The Kier molecular flexibility index (Phi) is 11.3. The van der Waals surface area contributed by atoms with E-state index < -0.39 is 18.4 Å². The zero-order valence-electron chi connectivity index (χ0n) is 27.5. The second-order valence-electron chi connectivity index (χ2n) is 13.5. The zero-order valence-corrected chi connectivity index (χ0v) is 28.3. The van der Waals surface area contributed by atoms with Crippen LogP contribution in [-0.2, 0) is 17.6 Å². The van der Waals surface area contributed by atoms with Gasteiger partial charge in [-0.05, 0) is 111 Å². The quantitative estimate of drug-likeness (QED) is 0.196. The molecule has 6 nitrogen and oxygen atoms in total. The fourth-order valence-corrected chi connectivity index (χ4v) is 9.05. The molecule has 1 saturated carbocycles. The van der Waals surface area contributed by atoms with E-state index in [1.54, 1.807) is 35.6 Å². The SMILES string of the molecule is CCc1nc(Cc2ccc(OC(F)(F)F)cc2)sc1C1CCN(CC2CC(N(C)[C@@H](C(=O)O)C(C)C)CC2c2cccc(F)c2)CC1. The fourth-order valence-electron chi connectivity index (χ4n) is 7.69. The normalized spacial score (nSPS) is 21.9. The van der Waals surface area contributed by atoms with Gasteiger partial charge in [-0.3, -0.25) is 9.69 Å². The standard InChI is InChI=1S/C36H45F4N3O3S/c1-5-31-34(47-32(41-31)17-23-9-11-29(12-10-23)46-36(38,39)40)24-13-15-43(16-14-24)21-26-19-28(42(4)33(22(2)3)35(44)45)20-30(26)25-7-6-8-27(37)18-25/h6-12,18,22,24,26,28,30,33H,5,13-17,19-21H2,1-4H3,(H,44,45)/t26?,28?,30?,33-/m1/s1. The highest BCUT2D eigenvalue weighted by atomic mass is 32.1. The molecule has 256 valence electrons. The van der Waals surface area contributed by atoms with Crippen LogP contribution in [-0.4, -0.2) is 71.0 Å². The van der Waals surface area contributed by atoms with Gasteiger partial charge in [0.05, 0.1) is 10.7 Å². The number of aliphatic carboxylic acids is 1. The number of carboxylic acid groups (broad SMARTS) is 1. The van der Waals surface area contributed by atoms with E-state index in [1.807, 2.05) is 31.9 Å². The van der Waals surface area contributed by atoms with Crippen molar-refractivity contribution in [1.82, 2.24) is 14.8 Å². The molecule has 2 aliphatic rings. The van der Waals surface area contributed by atoms with Crippen molar-refractivity contribution in [3.63, 3.8) is 0 Å². The van der Waals surface area contributed by atoms with Crippen molar-refractivity contribution in [3.8, 4) is 5.75 Å². The molecule has 1 aliphatic carbocycles. The summed E-state index contributed by atoms with van der Waals surface area (Å²) in [6.45, 7) is 8.77. The average Bonchev–Trinajstić information content (AvgIpc) is 3.62. The Bertz CT molecular complexity index is 1490. The number of carbonyl (C=O) groups is 1. The summed E-state index contributed by atoms with van der Waals surface area (Å²) in [5, 5.41) is 10.9. The van der Waals surface area contributed by atoms with E-state index >= 15 is 0 Å². The number of nitrogens with zero attached hydrogens (tertiary/aromatic N) is 3. The molecule has 5 rings (SSSR count). The van der Waals surface area contributed by atoms with Gasteiger partial charge in [-0.25, -0.2) is 9.37 Å². The van der Waals surface area contributed by atoms with Gasteiger partial charge in [0.25, 0.3) is 0 Å². The van der Waals surface area contributed by atoms with Crippen molar-refractivity contribution in [3.05, 3.63) is 81.1 Å². The molecule has 1 N–H and O–H groups in total. The van der Waals surface area contributed by atoms with Crippen LogP contribution in [0, 0.1) is 17.7 Å². The first kappa shape index (κ1) is 35.3. The van der Waals surface area contributed by atoms with Crippen LogP contribution in [0.1, 0.15) is 85.0 Å². The highest BCUT2D eigenvalue weighted by Crippen LogP contribution is 2.44. The molecule has 3 unspecified atom stereocenters. The molecular formula is C36H45F4N3O3S. The van der Waals surface area contributed by atoms with Gasteiger partial charge < -0.3 is 14.7 Å². The van der Waals surface area contributed by atoms with Crippen LogP contribution in [0.3, 0.4) is 0 Å². The number of aryl methyl sites for hydroxylation is 1. The van der Waals surface area contributed by atoms with Gasteiger partial charge in [-0.2, -0.15) is 0 Å². The number of alkyl halides is 3. The summed E-state index contributed by atoms with van der Waals surface area (Å²) in [5.74, 6) is -0.460.